The first-order chi connectivity index (χ1) is 26.0. The second-order valence-electron chi connectivity index (χ2n) is 12.6. The van der Waals surface area contributed by atoms with Gasteiger partial charge in [0.2, 0.25) is 0 Å². The van der Waals surface area contributed by atoms with E-state index in [1.165, 1.54) is 13.3 Å². The quantitative estimate of drug-likeness (QED) is 0.0651. The number of hydrogen-bond acceptors (Lipinski definition) is 11. The van der Waals surface area contributed by atoms with E-state index in [2.05, 4.69) is 4.98 Å². The number of nitrogens with one attached hydrogen (secondary N) is 1. The summed E-state index contributed by atoms with van der Waals surface area (Å²) in [6, 6.07) is 27.6. The zero-order chi connectivity index (χ0) is 38.3. The fourth-order valence-electron chi connectivity index (χ4n) is 6.71. The van der Waals surface area contributed by atoms with Crippen LogP contribution in [0.5, 0.6) is 5.75 Å². The number of rotatable bonds is 16. The predicted molar refractivity (Wildman–Crippen MR) is 198 cm³/mol. The van der Waals surface area contributed by atoms with Gasteiger partial charge in [0.1, 0.15) is 34.5 Å². The number of alkyl halides is 2. The molecule has 54 heavy (non-hydrogen) atoms. The van der Waals surface area contributed by atoms with Crippen molar-refractivity contribution in [3.8, 4) is 5.75 Å². The zero-order valence-corrected chi connectivity index (χ0v) is 31.9. The van der Waals surface area contributed by atoms with Crippen molar-refractivity contribution in [1.29, 1.82) is 0 Å². The summed E-state index contributed by atoms with van der Waals surface area (Å²) in [5.74, 6) is -0.641. The Morgan fingerprint density at radius 1 is 0.926 bits per heavy atom. The molecule has 17 heteroatoms. The molecule has 14 nitrogen and oxygen atoms in total. The number of phosphoric ester groups is 1. The standard InChI is InChI=1S/C37H41Cl2N2O12P/c1-46-28-15-13-27(14-16-28)37(25-9-5-3-6-10-25,26-11-7-4-8-12-26)49-23-29-32(53-54(44,45)50-24-30(38)39)33(52-36(47-2)18-21-48-22-19-36)34(51-29)41-20-17-31(42)40-35(41)43/h3-17,20,29-30,32-34H,18-19,21-24H2,1-2H3,(H,44,45)(H,40,42,43)/t29-,32-,33-,34-/m1/s1. The Labute approximate surface area is 321 Å². The number of halogens is 2. The number of nitrogens with zero attached hydrogens (tertiary/aromatic N) is 1. The van der Waals surface area contributed by atoms with Gasteiger partial charge < -0.3 is 33.3 Å². The maximum Gasteiger partial charge on any atom is 0.472 e. The number of methoxy groups -OCH3 is 2. The van der Waals surface area contributed by atoms with Gasteiger partial charge in [0.15, 0.2) is 12.0 Å². The molecule has 2 saturated heterocycles. The first kappa shape index (κ1) is 40.3. The second-order valence-corrected chi connectivity index (χ2v) is 15.3. The van der Waals surface area contributed by atoms with Crippen molar-refractivity contribution in [2.45, 2.75) is 53.6 Å². The van der Waals surface area contributed by atoms with E-state index in [1.807, 2.05) is 84.9 Å². The van der Waals surface area contributed by atoms with Gasteiger partial charge in [-0.1, -0.05) is 72.8 Å². The smallest absolute Gasteiger partial charge is 0.472 e. The van der Waals surface area contributed by atoms with Gasteiger partial charge >= 0.3 is 13.5 Å². The molecular weight excluding hydrogens is 766 g/mol. The van der Waals surface area contributed by atoms with Gasteiger partial charge in [-0.3, -0.25) is 23.4 Å². The van der Waals surface area contributed by atoms with Gasteiger partial charge in [0.05, 0.1) is 33.5 Å². The highest BCUT2D eigenvalue weighted by Crippen LogP contribution is 2.51. The molecule has 2 fully saturated rings. The maximum absolute atomic E-state index is 13.6. The normalized spacial score (nSPS) is 22.6. The highest BCUT2D eigenvalue weighted by Gasteiger charge is 2.55. The van der Waals surface area contributed by atoms with Crippen LogP contribution in [0.15, 0.2) is 107 Å². The minimum atomic E-state index is -4.95. The summed E-state index contributed by atoms with van der Waals surface area (Å²) < 4.78 is 62.8. The number of hydrogen-bond donors (Lipinski definition) is 2. The molecule has 2 aliphatic rings. The Morgan fingerprint density at radius 2 is 1.54 bits per heavy atom. The molecule has 2 N–H and O–H groups in total. The highest BCUT2D eigenvalue weighted by atomic mass is 35.5. The van der Waals surface area contributed by atoms with Gasteiger partial charge in [-0.25, -0.2) is 9.36 Å². The van der Waals surface area contributed by atoms with Crippen LogP contribution in [0.25, 0.3) is 0 Å². The fraction of sp³-hybridized carbons (Fsp3) is 0.405. The van der Waals surface area contributed by atoms with E-state index in [0.717, 1.165) is 27.3 Å². The number of aromatic amines is 1. The van der Waals surface area contributed by atoms with E-state index in [-0.39, 0.29) is 32.7 Å². The Morgan fingerprint density at radius 3 is 2.09 bits per heavy atom. The van der Waals surface area contributed by atoms with Gasteiger partial charge in [-0.2, -0.15) is 0 Å². The molecular formula is C37H41Cl2N2O12P. The van der Waals surface area contributed by atoms with E-state index in [4.69, 9.17) is 60.7 Å². The number of ether oxygens (including phenoxy) is 6. The lowest BCUT2D eigenvalue weighted by atomic mass is 9.80. The fourth-order valence-corrected chi connectivity index (χ4v) is 7.97. The molecule has 6 rings (SSSR count). The van der Waals surface area contributed by atoms with E-state index < -0.39 is 66.4 Å². The van der Waals surface area contributed by atoms with Crippen molar-refractivity contribution in [3.05, 3.63) is 135 Å². The minimum Gasteiger partial charge on any atom is -0.497 e. The molecule has 0 bridgehead atoms. The van der Waals surface area contributed by atoms with Crippen LogP contribution >= 0.6 is 31.0 Å². The number of phosphoric acid groups is 1. The van der Waals surface area contributed by atoms with Gasteiger partial charge in [0, 0.05) is 32.2 Å². The van der Waals surface area contributed by atoms with Crippen LogP contribution in [-0.4, -0.2) is 84.0 Å². The van der Waals surface area contributed by atoms with Crippen molar-refractivity contribution in [1.82, 2.24) is 9.55 Å². The number of aromatic nitrogens is 2. The third kappa shape index (κ3) is 9.01. The molecule has 0 aliphatic carbocycles. The lowest BCUT2D eigenvalue weighted by Crippen LogP contribution is -2.50. The summed E-state index contributed by atoms with van der Waals surface area (Å²) >= 11 is 11.7. The van der Waals surface area contributed by atoms with Crippen molar-refractivity contribution < 1.29 is 46.9 Å². The summed E-state index contributed by atoms with van der Waals surface area (Å²) in [5.41, 5.74) is -0.516. The lowest BCUT2D eigenvalue weighted by molar-refractivity contribution is -0.292. The molecule has 3 aromatic carbocycles. The first-order valence-electron chi connectivity index (χ1n) is 17.1. The van der Waals surface area contributed by atoms with Crippen LogP contribution in [0, 0.1) is 0 Å². The Bertz CT molecular complexity index is 1940. The van der Waals surface area contributed by atoms with Crippen molar-refractivity contribution in [2.75, 3.05) is 40.6 Å². The molecule has 0 spiro atoms. The maximum atomic E-state index is 13.6. The van der Waals surface area contributed by atoms with Gasteiger partial charge in [-0.15, -0.1) is 23.2 Å². The molecule has 1 aromatic heterocycles. The SMILES string of the molecule is COc1ccc(C(OC[C@H]2O[C@@H](n3ccc(=O)[nH]c3=O)[C@H](OC3(OC)CCOCC3)[C@@H]2OP(=O)(O)OCC(Cl)Cl)(c2ccccc2)c2ccccc2)cc1. The average Bonchev–Trinajstić information content (AvgIpc) is 3.50. The van der Waals surface area contributed by atoms with Crippen molar-refractivity contribution in [2.24, 2.45) is 0 Å². The molecule has 0 radical (unpaired) electrons. The van der Waals surface area contributed by atoms with E-state index in [1.54, 1.807) is 7.11 Å². The van der Waals surface area contributed by atoms with Gasteiger partial charge in [0.25, 0.3) is 5.56 Å². The van der Waals surface area contributed by atoms with E-state index in [0.29, 0.717) is 5.75 Å². The molecule has 0 saturated carbocycles. The largest absolute Gasteiger partial charge is 0.497 e. The summed E-state index contributed by atoms with van der Waals surface area (Å²) in [6.07, 6.45) is -3.54. The summed E-state index contributed by atoms with van der Waals surface area (Å²) in [4.78, 5) is 37.5. The summed E-state index contributed by atoms with van der Waals surface area (Å²) in [6.45, 7) is -0.265. The Balaban J connectivity index is 1.48. The van der Waals surface area contributed by atoms with Gasteiger partial charge in [-0.05, 0) is 28.8 Å². The summed E-state index contributed by atoms with van der Waals surface area (Å²) in [7, 11) is -1.91. The number of H-pyrrole nitrogens is 1. The number of benzene rings is 3. The molecule has 0 amide bonds. The highest BCUT2D eigenvalue weighted by molar-refractivity contribution is 7.47. The topological polar surface area (TPSA) is 166 Å². The average molecular weight is 808 g/mol. The van der Waals surface area contributed by atoms with Crippen LogP contribution in [0.4, 0.5) is 0 Å². The molecule has 3 heterocycles. The molecule has 4 aromatic rings. The van der Waals surface area contributed by atoms with Crippen molar-refractivity contribution >= 4 is 31.0 Å². The second kappa shape index (κ2) is 17.6. The minimum absolute atomic E-state index is 0.275. The van der Waals surface area contributed by atoms with Crippen LogP contribution in [0.1, 0.15) is 35.8 Å². The van der Waals surface area contributed by atoms with Crippen LogP contribution in [-0.2, 0) is 42.9 Å². The van der Waals surface area contributed by atoms with E-state index in [9.17, 15) is 19.0 Å². The molecule has 5 atom stereocenters. The predicted octanol–water partition coefficient (Wildman–Crippen LogP) is 5.30. The monoisotopic (exact) mass is 806 g/mol. The Kier molecular flexibility index (Phi) is 13.1. The third-order valence-corrected chi connectivity index (χ3v) is 10.6. The van der Waals surface area contributed by atoms with Crippen molar-refractivity contribution in [3.63, 3.8) is 0 Å². The van der Waals surface area contributed by atoms with Crippen LogP contribution in [0.2, 0.25) is 0 Å². The van der Waals surface area contributed by atoms with Crippen LogP contribution < -0.4 is 16.0 Å². The molecule has 290 valence electrons. The molecule has 2 aliphatic heterocycles. The van der Waals surface area contributed by atoms with Crippen LogP contribution in [0.3, 0.4) is 0 Å². The first-order valence-corrected chi connectivity index (χ1v) is 19.5. The van der Waals surface area contributed by atoms with E-state index >= 15 is 0 Å². The Hall–Kier alpha value is -3.37. The zero-order valence-electron chi connectivity index (χ0n) is 29.5. The molecule has 1 unspecified atom stereocenters. The summed E-state index contributed by atoms with van der Waals surface area (Å²) in [5, 5.41) is 0. The third-order valence-electron chi connectivity index (χ3n) is 9.33. The lowest BCUT2D eigenvalue weighted by Gasteiger charge is -2.40.